The monoisotopic (exact) mass is 374 g/mol. The van der Waals surface area contributed by atoms with Gasteiger partial charge in [-0.25, -0.2) is 8.42 Å². The van der Waals surface area contributed by atoms with Crippen LogP contribution in [0.5, 0.6) is 0 Å². The molecular formula is C20H26N2O3S. The van der Waals surface area contributed by atoms with Gasteiger partial charge in [-0.2, -0.15) is 0 Å². The number of amides is 1. The van der Waals surface area contributed by atoms with E-state index in [4.69, 9.17) is 0 Å². The van der Waals surface area contributed by atoms with Gasteiger partial charge in [-0.15, -0.1) is 0 Å². The Bertz CT molecular complexity index is 890. The van der Waals surface area contributed by atoms with Crippen LogP contribution in [0.2, 0.25) is 0 Å². The van der Waals surface area contributed by atoms with Crippen molar-refractivity contribution in [3.05, 3.63) is 59.2 Å². The minimum atomic E-state index is -3.62. The van der Waals surface area contributed by atoms with Crippen molar-refractivity contribution in [1.29, 1.82) is 0 Å². The van der Waals surface area contributed by atoms with Gasteiger partial charge >= 0.3 is 0 Å². The number of benzene rings is 2. The summed E-state index contributed by atoms with van der Waals surface area (Å²) < 4.78 is 25.9. The van der Waals surface area contributed by atoms with E-state index >= 15 is 0 Å². The smallest absolute Gasteiger partial charge is 0.248 e. The van der Waals surface area contributed by atoms with Crippen LogP contribution < -0.4 is 9.62 Å². The highest BCUT2D eigenvalue weighted by Gasteiger charge is 2.29. The summed E-state index contributed by atoms with van der Waals surface area (Å²) in [4.78, 5) is 12.7. The van der Waals surface area contributed by atoms with Crippen molar-refractivity contribution in [2.24, 2.45) is 0 Å². The summed E-state index contributed by atoms with van der Waals surface area (Å²) in [6, 6.07) is 12.0. The van der Waals surface area contributed by atoms with Gasteiger partial charge in [-0.1, -0.05) is 31.2 Å². The Morgan fingerprint density at radius 3 is 2.27 bits per heavy atom. The lowest BCUT2D eigenvalue weighted by atomic mass is 10.1. The number of hydrogen-bond donors (Lipinski definition) is 1. The SMILES string of the molecule is CCc1ccc(N([C@H](C)C(=O)Nc2cccc(C)c2C)S(C)(=O)=O)cc1. The van der Waals surface area contributed by atoms with Crippen molar-refractivity contribution in [2.45, 2.75) is 40.2 Å². The van der Waals surface area contributed by atoms with Gasteiger partial charge in [0.25, 0.3) is 0 Å². The maximum Gasteiger partial charge on any atom is 0.248 e. The third-order valence-corrected chi connectivity index (χ3v) is 5.79. The topological polar surface area (TPSA) is 66.5 Å². The molecule has 0 fully saturated rings. The molecule has 0 aliphatic rings. The second-order valence-electron chi connectivity index (χ2n) is 6.49. The minimum absolute atomic E-state index is 0.372. The third-order valence-electron chi connectivity index (χ3n) is 4.55. The molecule has 0 heterocycles. The first-order valence-electron chi connectivity index (χ1n) is 8.60. The van der Waals surface area contributed by atoms with Gasteiger partial charge in [0.15, 0.2) is 0 Å². The van der Waals surface area contributed by atoms with Crippen LogP contribution in [0.25, 0.3) is 0 Å². The molecule has 6 heteroatoms. The first-order valence-corrected chi connectivity index (χ1v) is 10.5. The highest BCUT2D eigenvalue weighted by molar-refractivity contribution is 7.92. The van der Waals surface area contributed by atoms with Gasteiger partial charge in [0.2, 0.25) is 15.9 Å². The van der Waals surface area contributed by atoms with Crippen LogP contribution in [0.3, 0.4) is 0 Å². The molecule has 0 spiro atoms. The zero-order chi connectivity index (χ0) is 19.5. The quantitative estimate of drug-likeness (QED) is 0.839. The molecule has 2 rings (SSSR count). The molecule has 0 bridgehead atoms. The van der Waals surface area contributed by atoms with Crippen LogP contribution in [-0.2, 0) is 21.2 Å². The van der Waals surface area contributed by atoms with Gasteiger partial charge in [0.1, 0.15) is 6.04 Å². The van der Waals surface area contributed by atoms with E-state index in [0.29, 0.717) is 11.4 Å². The molecular weight excluding hydrogens is 348 g/mol. The highest BCUT2D eigenvalue weighted by Crippen LogP contribution is 2.23. The van der Waals surface area contributed by atoms with Gasteiger partial charge < -0.3 is 5.32 Å². The van der Waals surface area contributed by atoms with E-state index in [-0.39, 0.29) is 5.91 Å². The summed E-state index contributed by atoms with van der Waals surface area (Å²) in [6.07, 6.45) is 1.98. The zero-order valence-electron chi connectivity index (χ0n) is 15.9. The Morgan fingerprint density at radius 2 is 1.73 bits per heavy atom. The van der Waals surface area contributed by atoms with Crippen LogP contribution in [0.1, 0.15) is 30.5 Å². The van der Waals surface area contributed by atoms with Gasteiger partial charge in [-0.3, -0.25) is 9.10 Å². The number of rotatable bonds is 6. The number of carbonyl (C=O) groups is 1. The maximum absolute atomic E-state index is 12.7. The van der Waals surface area contributed by atoms with E-state index in [1.807, 2.05) is 51.1 Å². The number of carbonyl (C=O) groups excluding carboxylic acids is 1. The number of anilines is 2. The summed E-state index contributed by atoms with van der Waals surface area (Å²) >= 11 is 0. The van der Waals surface area contributed by atoms with Crippen molar-refractivity contribution < 1.29 is 13.2 Å². The summed E-state index contributed by atoms with van der Waals surface area (Å²) in [5.41, 5.74) is 4.30. The van der Waals surface area contributed by atoms with Crippen molar-refractivity contribution in [1.82, 2.24) is 0 Å². The van der Waals surface area contributed by atoms with E-state index in [1.165, 1.54) is 0 Å². The minimum Gasteiger partial charge on any atom is -0.324 e. The van der Waals surface area contributed by atoms with Crippen molar-refractivity contribution in [3.63, 3.8) is 0 Å². The average Bonchev–Trinajstić information content (AvgIpc) is 2.58. The van der Waals surface area contributed by atoms with Crippen LogP contribution in [0.15, 0.2) is 42.5 Å². The fourth-order valence-electron chi connectivity index (χ4n) is 2.81. The standard InChI is InChI=1S/C20H26N2O3S/c1-6-17-10-12-18(13-11-17)22(26(5,24)25)16(4)20(23)21-19-9-7-8-14(2)15(19)3/h7-13,16H,6H2,1-5H3,(H,21,23)/t16-/m1/s1. The lowest BCUT2D eigenvalue weighted by Gasteiger charge is -2.28. The fraction of sp³-hybridized carbons (Fsp3) is 0.350. The van der Waals surface area contributed by atoms with Crippen LogP contribution in [0.4, 0.5) is 11.4 Å². The van der Waals surface area contributed by atoms with E-state index in [9.17, 15) is 13.2 Å². The second kappa shape index (κ2) is 7.91. The fourth-order valence-corrected chi connectivity index (χ4v) is 3.99. The largest absolute Gasteiger partial charge is 0.324 e. The van der Waals surface area contributed by atoms with Gasteiger partial charge in [0.05, 0.1) is 11.9 Å². The maximum atomic E-state index is 12.7. The first-order chi connectivity index (χ1) is 12.1. The molecule has 0 radical (unpaired) electrons. The molecule has 2 aromatic rings. The average molecular weight is 375 g/mol. The highest BCUT2D eigenvalue weighted by atomic mass is 32.2. The molecule has 0 aliphatic heterocycles. The molecule has 0 saturated heterocycles. The number of nitrogens with one attached hydrogen (secondary N) is 1. The Morgan fingerprint density at radius 1 is 1.12 bits per heavy atom. The summed E-state index contributed by atoms with van der Waals surface area (Å²) in [6.45, 7) is 7.51. The molecule has 1 N–H and O–H groups in total. The lowest BCUT2D eigenvalue weighted by Crippen LogP contribution is -2.45. The van der Waals surface area contributed by atoms with E-state index in [1.54, 1.807) is 19.1 Å². The second-order valence-corrected chi connectivity index (χ2v) is 8.35. The molecule has 1 amide bonds. The molecule has 140 valence electrons. The van der Waals surface area contributed by atoms with Gasteiger partial charge in [0, 0.05) is 5.69 Å². The molecule has 26 heavy (non-hydrogen) atoms. The number of nitrogens with zero attached hydrogens (tertiary/aromatic N) is 1. The Balaban J connectivity index is 2.32. The van der Waals surface area contributed by atoms with Gasteiger partial charge in [-0.05, 0) is 62.1 Å². The normalized spacial score (nSPS) is 12.5. The summed E-state index contributed by atoms with van der Waals surface area (Å²) in [7, 11) is -3.62. The zero-order valence-corrected chi connectivity index (χ0v) is 16.7. The molecule has 0 aromatic heterocycles. The Hall–Kier alpha value is -2.34. The number of aryl methyl sites for hydroxylation is 2. The Labute approximate surface area is 156 Å². The predicted molar refractivity (Wildman–Crippen MR) is 107 cm³/mol. The summed E-state index contributed by atoms with van der Waals surface area (Å²) in [5.74, 6) is -0.372. The molecule has 2 aromatic carbocycles. The van der Waals surface area contributed by atoms with Crippen molar-refractivity contribution in [2.75, 3.05) is 15.9 Å². The predicted octanol–water partition coefficient (Wildman–Crippen LogP) is 3.66. The first kappa shape index (κ1) is 20.0. The van der Waals surface area contributed by atoms with Crippen molar-refractivity contribution in [3.8, 4) is 0 Å². The van der Waals surface area contributed by atoms with Crippen molar-refractivity contribution >= 4 is 27.3 Å². The summed E-state index contributed by atoms with van der Waals surface area (Å²) in [5, 5.41) is 2.85. The Kier molecular flexibility index (Phi) is 6.08. The van der Waals surface area contributed by atoms with E-state index < -0.39 is 16.1 Å². The lowest BCUT2D eigenvalue weighted by molar-refractivity contribution is -0.116. The molecule has 0 aliphatic carbocycles. The number of sulfonamides is 1. The van der Waals surface area contributed by atoms with Crippen LogP contribution in [0, 0.1) is 13.8 Å². The number of hydrogen-bond acceptors (Lipinski definition) is 3. The van der Waals surface area contributed by atoms with E-state index in [0.717, 1.165) is 33.7 Å². The molecule has 0 saturated carbocycles. The molecule has 5 nitrogen and oxygen atoms in total. The van der Waals surface area contributed by atoms with Crippen LogP contribution in [-0.4, -0.2) is 26.6 Å². The van der Waals surface area contributed by atoms with Crippen LogP contribution >= 0.6 is 0 Å². The third kappa shape index (κ3) is 4.43. The van der Waals surface area contributed by atoms with E-state index in [2.05, 4.69) is 5.32 Å². The molecule has 0 unspecified atom stereocenters. The molecule has 1 atom stereocenters.